The number of anilines is 1. The lowest BCUT2D eigenvalue weighted by atomic mass is 10.2. The van der Waals surface area contributed by atoms with Gasteiger partial charge in [0.2, 0.25) is 0 Å². The molecular weight excluding hydrogens is 340 g/mol. The van der Waals surface area contributed by atoms with E-state index in [-0.39, 0.29) is 18.4 Å². The third-order valence-electron chi connectivity index (χ3n) is 3.42. The zero-order valence-corrected chi connectivity index (χ0v) is 14.8. The minimum atomic E-state index is -0.330. The van der Waals surface area contributed by atoms with Crippen molar-refractivity contribution < 1.29 is 14.3 Å². The summed E-state index contributed by atoms with van der Waals surface area (Å²) in [4.78, 5) is 24.1. The maximum absolute atomic E-state index is 12.0. The summed E-state index contributed by atoms with van der Waals surface area (Å²) in [6.07, 6.45) is 1.95. The average Bonchev–Trinajstić information content (AvgIpc) is 2.61. The average molecular weight is 361 g/mol. The number of para-hydroxylation sites is 1. The van der Waals surface area contributed by atoms with Crippen molar-refractivity contribution in [3.05, 3.63) is 59.1 Å². The van der Waals surface area contributed by atoms with E-state index in [1.807, 2.05) is 0 Å². The molecule has 132 valence electrons. The van der Waals surface area contributed by atoms with E-state index >= 15 is 0 Å². The lowest BCUT2D eigenvalue weighted by molar-refractivity contribution is -0.118. The lowest BCUT2D eigenvalue weighted by Crippen LogP contribution is -2.25. The predicted octanol–water partition coefficient (Wildman–Crippen LogP) is 3.89. The van der Waals surface area contributed by atoms with Gasteiger partial charge in [0.25, 0.3) is 11.8 Å². The van der Waals surface area contributed by atoms with Crippen molar-refractivity contribution in [2.24, 2.45) is 0 Å². The fraction of sp³-hybridized carbons (Fsp3) is 0.263. The largest absolute Gasteiger partial charge is 0.482 e. The smallest absolute Gasteiger partial charge is 0.262 e. The van der Waals surface area contributed by atoms with Crippen LogP contribution in [0.15, 0.2) is 48.5 Å². The molecule has 5 nitrogen and oxygen atoms in total. The molecule has 2 aromatic rings. The third-order valence-corrected chi connectivity index (χ3v) is 3.73. The van der Waals surface area contributed by atoms with Gasteiger partial charge in [-0.1, -0.05) is 43.1 Å². The molecule has 0 saturated heterocycles. The van der Waals surface area contributed by atoms with E-state index < -0.39 is 0 Å². The van der Waals surface area contributed by atoms with Crippen LogP contribution in [0.4, 0.5) is 5.69 Å². The summed E-state index contributed by atoms with van der Waals surface area (Å²) >= 11 is 5.97. The highest BCUT2D eigenvalue weighted by Gasteiger charge is 2.09. The van der Waals surface area contributed by atoms with E-state index in [4.69, 9.17) is 16.3 Å². The van der Waals surface area contributed by atoms with Gasteiger partial charge in [0.15, 0.2) is 6.61 Å². The number of benzene rings is 2. The topological polar surface area (TPSA) is 67.4 Å². The van der Waals surface area contributed by atoms with Crippen molar-refractivity contribution in [2.45, 2.75) is 19.8 Å². The molecule has 0 heterocycles. The van der Waals surface area contributed by atoms with Gasteiger partial charge in [-0.05, 0) is 36.8 Å². The quantitative estimate of drug-likeness (QED) is 0.702. The summed E-state index contributed by atoms with van der Waals surface area (Å²) in [6, 6.07) is 13.7. The number of amides is 2. The highest BCUT2D eigenvalue weighted by molar-refractivity contribution is 6.32. The number of carbonyl (C=O) groups excluding carboxylic acids is 2. The first-order valence-electron chi connectivity index (χ1n) is 8.15. The minimum absolute atomic E-state index is 0.156. The monoisotopic (exact) mass is 360 g/mol. The Bertz CT molecular complexity index is 734. The summed E-state index contributed by atoms with van der Waals surface area (Å²) in [6.45, 7) is 2.53. The number of nitrogens with one attached hydrogen (secondary N) is 2. The summed E-state index contributed by atoms with van der Waals surface area (Å²) < 4.78 is 5.39. The fourth-order valence-electron chi connectivity index (χ4n) is 2.12. The SMILES string of the molecule is CCCCNC(=O)c1cccc(NC(=O)COc2ccccc2Cl)c1. The summed E-state index contributed by atoms with van der Waals surface area (Å²) in [5, 5.41) is 5.99. The molecule has 2 N–H and O–H groups in total. The maximum atomic E-state index is 12.0. The van der Waals surface area contributed by atoms with Gasteiger partial charge in [-0.3, -0.25) is 9.59 Å². The number of rotatable bonds is 8. The van der Waals surface area contributed by atoms with Gasteiger partial charge in [0, 0.05) is 17.8 Å². The summed E-state index contributed by atoms with van der Waals surface area (Å²) in [7, 11) is 0. The first-order valence-corrected chi connectivity index (χ1v) is 8.53. The maximum Gasteiger partial charge on any atom is 0.262 e. The van der Waals surface area contributed by atoms with Gasteiger partial charge in [0.1, 0.15) is 5.75 Å². The van der Waals surface area contributed by atoms with Crippen LogP contribution in [-0.2, 0) is 4.79 Å². The summed E-state index contributed by atoms with van der Waals surface area (Å²) in [5.41, 5.74) is 1.04. The van der Waals surface area contributed by atoms with Gasteiger partial charge in [-0.25, -0.2) is 0 Å². The molecule has 2 rings (SSSR count). The molecule has 25 heavy (non-hydrogen) atoms. The van der Waals surface area contributed by atoms with Crippen molar-refractivity contribution in [3.63, 3.8) is 0 Å². The molecule has 0 atom stereocenters. The molecule has 0 aliphatic heterocycles. The molecule has 0 unspecified atom stereocenters. The van der Waals surface area contributed by atoms with Crippen LogP contribution in [0, 0.1) is 0 Å². The molecule has 0 fully saturated rings. The van der Waals surface area contributed by atoms with E-state index in [0.29, 0.717) is 28.6 Å². The predicted molar refractivity (Wildman–Crippen MR) is 99.3 cm³/mol. The first kappa shape index (κ1) is 18.8. The van der Waals surface area contributed by atoms with Gasteiger partial charge < -0.3 is 15.4 Å². The zero-order valence-electron chi connectivity index (χ0n) is 14.0. The second-order valence-corrected chi connectivity index (χ2v) is 5.86. The highest BCUT2D eigenvalue weighted by Crippen LogP contribution is 2.23. The third kappa shape index (κ3) is 6.12. The Hall–Kier alpha value is -2.53. The molecule has 6 heteroatoms. The van der Waals surface area contributed by atoms with Gasteiger partial charge in [0.05, 0.1) is 5.02 Å². The van der Waals surface area contributed by atoms with E-state index in [9.17, 15) is 9.59 Å². The van der Waals surface area contributed by atoms with Crippen LogP contribution >= 0.6 is 11.6 Å². The number of ether oxygens (including phenoxy) is 1. The number of unbranched alkanes of at least 4 members (excludes halogenated alkanes) is 1. The zero-order chi connectivity index (χ0) is 18.1. The Morgan fingerprint density at radius 2 is 1.92 bits per heavy atom. The van der Waals surface area contributed by atoms with Crippen LogP contribution in [0.5, 0.6) is 5.75 Å². The molecule has 0 aliphatic rings. The summed E-state index contributed by atoms with van der Waals surface area (Å²) in [5.74, 6) is -0.0382. The number of hydrogen-bond donors (Lipinski definition) is 2. The van der Waals surface area contributed by atoms with E-state index in [1.54, 1.807) is 48.5 Å². The Labute approximate surface area is 152 Å². The van der Waals surface area contributed by atoms with E-state index in [1.165, 1.54) is 0 Å². The second kappa shape index (κ2) is 9.69. The molecule has 0 radical (unpaired) electrons. The van der Waals surface area contributed by atoms with Gasteiger partial charge >= 0.3 is 0 Å². The number of hydrogen-bond acceptors (Lipinski definition) is 3. The Morgan fingerprint density at radius 1 is 1.12 bits per heavy atom. The standard InChI is InChI=1S/C19H21ClN2O3/c1-2-3-11-21-19(24)14-7-6-8-15(12-14)22-18(23)13-25-17-10-5-4-9-16(17)20/h4-10,12H,2-3,11,13H2,1H3,(H,21,24)(H,22,23). The van der Waals surface area contributed by atoms with Crippen LogP contribution < -0.4 is 15.4 Å². The Kier molecular flexibility index (Phi) is 7.29. The van der Waals surface area contributed by atoms with Crippen molar-refractivity contribution >= 4 is 29.1 Å². The molecule has 2 aromatic carbocycles. The first-order chi connectivity index (χ1) is 12.1. The molecule has 0 spiro atoms. The highest BCUT2D eigenvalue weighted by atomic mass is 35.5. The van der Waals surface area contributed by atoms with Gasteiger partial charge in [-0.2, -0.15) is 0 Å². The van der Waals surface area contributed by atoms with Crippen molar-refractivity contribution in [1.29, 1.82) is 0 Å². The Balaban J connectivity index is 1.89. The van der Waals surface area contributed by atoms with Crippen LogP contribution in [0.25, 0.3) is 0 Å². The fourth-order valence-corrected chi connectivity index (χ4v) is 2.31. The van der Waals surface area contributed by atoms with Crippen LogP contribution in [0.2, 0.25) is 5.02 Å². The molecular formula is C19H21ClN2O3. The minimum Gasteiger partial charge on any atom is -0.482 e. The number of carbonyl (C=O) groups is 2. The Morgan fingerprint density at radius 3 is 2.68 bits per heavy atom. The van der Waals surface area contributed by atoms with E-state index in [2.05, 4.69) is 17.6 Å². The lowest BCUT2D eigenvalue weighted by Gasteiger charge is -2.10. The number of halogens is 1. The molecule has 0 aliphatic carbocycles. The second-order valence-electron chi connectivity index (χ2n) is 5.46. The molecule has 0 saturated carbocycles. The van der Waals surface area contributed by atoms with Gasteiger partial charge in [-0.15, -0.1) is 0 Å². The van der Waals surface area contributed by atoms with Crippen LogP contribution in [0.1, 0.15) is 30.1 Å². The molecule has 0 bridgehead atoms. The van der Waals surface area contributed by atoms with Crippen LogP contribution in [-0.4, -0.2) is 25.0 Å². The van der Waals surface area contributed by atoms with Crippen molar-refractivity contribution in [1.82, 2.24) is 5.32 Å². The normalized spacial score (nSPS) is 10.2. The van der Waals surface area contributed by atoms with Crippen molar-refractivity contribution in [3.8, 4) is 5.75 Å². The van der Waals surface area contributed by atoms with E-state index in [0.717, 1.165) is 12.8 Å². The van der Waals surface area contributed by atoms with Crippen molar-refractivity contribution in [2.75, 3.05) is 18.5 Å². The molecule has 0 aromatic heterocycles. The molecule has 2 amide bonds. The van der Waals surface area contributed by atoms with Crippen LogP contribution in [0.3, 0.4) is 0 Å².